The summed E-state index contributed by atoms with van der Waals surface area (Å²) in [5.74, 6) is -0.0997. The molecule has 0 bridgehead atoms. The maximum absolute atomic E-state index is 13.1. The number of piperazine rings is 1. The predicted octanol–water partition coefficient (Wildman–Crippen LogP) is 3.52. The molecule has 2 aromatic carbocycles. The molecule has 2 fully saturated rings. The Morgan fingerprint density at radius 1 is 0.806 bits per heavy atom. The summed E-state index contributed by atoms with van der Waals surface area (Å²) in [5.41, 5.74) is 2.88. The Labute approximate surface area is 185 Å². The number of anilines is 1. The highest BCUT2D eigenvalue weighted by Gasteiger charge is 2.27. The van der Waals surface area contributed by atoms with Gasteiger partial charge in [-0.15, -0.1) is 0 Å². The molecule has 2 aromatic rings. The number of hydrogen-bond donors (Lipinski definition) is 0. The van der Waals surface area contributed by atoms with Gasteiger partial charge in [0.2, 0.25) is 10.0 Å². The molecule has 0 aliphatic carbocycles. The fourth-order valence-corrected chi connectivity index (χ4v) is 6.04. The quantitative estimate of drug-likeness (QED) is 0.728. The van der Waals surface area contributed by atoms with E-state index in [1.54, 1.807) is 28.6 Å². The summed E-state index contributed by atoms with van der Waals surface area (Å²) in [6, 6.07) is 14.8. The number of hydrogen-bond acceptors (Lipinski definition) is 4. The van der Waals surface area contributed by atoms with Gasteiger partial charge >= 0.3 is 0 Å². The zero-order chi connectivity index (χ0) is 21.8. The van der Waals surface area contributed by atoms with Crippen molar-refractivity contribution < 1.29 is 13.2 Å². The summed E-state index contributed by atoms with van der Waals surface area (Å²) in [7, 11) is -3.57. The Morgan fingerprint density at radius 3 is 2.16 bits per heavy atom. The lowest BCUT2D eigenvalue weighted by atomic mass is 10.1. The van der Waals surface area contributed by atoms with Crippen LogP contribution in [0.1, 0.15) is 41.6 Å². The van der Waals surface area contributed by atoms with Gasteiger partial charge in [-0.25, -0.2) is 8.42 Å². The molecule has 2 heterocycles. The number of amides is 1. The first kappa shape index (κ1) is 21.8. The first-order valence-corrected chi connectivity index (χ1v) is 12.6. The van der Waals surface area contributed by atoms with Gasteiger partial charge < -0.3 is 9.80 Å². The lowest BCUT2D eigenvalue weighted by Gasteiger charge is -2.37. The maximum atomic E-state index is 13.1. The van der Waals surface area contributed by atoms with Crippen LogP contribution in [0, 0.1) is 6.92 Å². The number of aryl methyl sites for hydroxylation is 1. The Hall–Kier alpha value is -2.38. The van der Waals surface area contributed by atoms with Crippen LogP contribution in [0.25, 0.3) is 0 Å². The van der Waals surface area contributed by atoms with Gasteiger partial charge in [0.1, 0.15) is 0 Å². The summed E-state index contributed by atoms with van der Waals surface area (Å²) in [5, 5.41) is 0. The topological polar surface area (TPSA) is 60.9 Å². The van der Waals surface area contributed by atoms with Gasteiger partial charge in [0.15, 0.2) is 0 Å². The first-order chi connectivity index (χ1) is 15.0. The van der Waals surface area contributed by atoms with Crippen LogP contribution in [-0.4, -0.2) is 62.8 Å². The Morgan fingerprint density at radius 2 is 1.48 bits per heavy atom. The molecule has 0 saturated carbocycles. The molecule has 4 rings (SSSR count). The molecule has 2 saturated heterocycles. The predicted molar refractivity (Wildman–Crippen MR) is 123 cm³/mol. The molecule has 0 radical (unpaired) electrons. The molecule has 2 aliphatic rings. The van der Waals surface area contributed by atoms with E-state index in [0.717, 1.165) is 38.8 Å². The van der Waals surface area contributed by atoms with Gasteiger partial charge in [-0.2, -0.15) is 4.31 Å². The first-order valence-electron chi connectivity index (χ1n) is 11.2. The Bertz CT molecular complexity index is 1020. The maximum Gasteiger partial charge on any atom is 0.254 e. The molecule has 2 aliphatic heterocycles. The molecule has 166 valence electrons. The zero-order valence-corrected chi connectivity index (χ0v) is 19.0. The van der Waals surface area contributed by atoms with Crippen LogP contribution in [0.4, 0.5) is 5.69 Å². The van der Waals surface area contributed by atoms with Crippen molar-refractivity contribution in [3.63, 3.8) is 0 Å². The monoisotopic (exact) mass is 441 g/mol. The molecule has 6 nitrogen and oxygen atoms in total. The van der Waals surface area contributed by atoms with E-state index in [1.807, 2.05) is 17.0 Å². The smallest absolute Gasteiger partial charge is 0.254 e. The van der Waals surface area contributed by atoms with Crippen LogP contribution in [0.3, 0.4) is 0 Å². The highest BCUT2D eigenvalue weighted by Crippen LogP contribution is 2.23. The van der Waals surface area contributed by atoms with Crippen molar-refractivity contribution in [2.75, 3.05) is 44.2 Å². The number of benzene rings is 2. The van der Waals surface area contributed by atoms with E-state index >= 15 is 0 Å². The van der Waals surface area contributed by atoms with Gasteiger partial charge in [0, 0.05) is 50.5 Å². The van der Waals surface area contributed by atoms with E-state index in [-0.39, 0.29) is 10.8 Å². The highest BCUT2D eigenvalue weighted by atomic mass is 32.2. The van der Waals surface area contributed by atoms with Gasteiger partial charge in [-0.1, -0.05) is 37.1 Å². The van der Waals surface area contributed by atoms with Crippen LogP contribution < -0.4 is 4.90 Å². The van der Waals surface area contributed by atoms with Crippen molar-refractivity contribution in [2.45, 2.75) is 37.5 Å². The SMILES string of the molecule is Cc1ccccc1N1CCN(C(=O)c2cccc(S(=O)(=O)N3CCCCCC3)c2)CC1. The second-order valence-corrected chi connectivity index (χ2v) is 10.3. The largest absolute Gasteiger partial charge is 0.368 e. The number of para-hydroxylation sites is 1. The van der Waals surface area contributed by atoms with Gasteiger partial charge in [-0.3, -0.25) is 4.79 Å². The van der Waals surface area contributed by atoms with Crippen molar-refractivity contribution in [1.82, 2.24) is 9.21 Å². The van der Waals surface area contributed by atoms with E-state index in [4.69, 9.17) is 0 Å². The molecule has 0 unspecified atom stereocenters. The van der Waals surface area contributed by atoms with Crippen molar-refractivity contribution in [3.05, 3.63) is 59.7 Å². The Kier molecular flexibility index (Phi) is 6.62. The van der Waals surface area contributed by atoms with Crippen LogP contribution in [0.5, 0.6) is 0 Å². The average Bonchev–Trinajstić information content (AvgIpc) is 3.09. The second-order valence-electron chi connectivity index (χ2n) is 8.41. The standard InChI is InChI=1S/C24H31N3O3S/c1-20-9-4-5-12-23(20)25-15-17-26(18-16-25)24(28)21-10-8-11-22(19-21)31(29,30)27-13-6-2-3-7-14-27/h4-5,8-12,19H,2-3,6-7,13-18H2,1H3. The third kappa shape index (κ3) is 4.77. The molecule has 7 heteroatoms. The number of rotatable bonds is 4. The number of sulfonamides is 1. The molecule has 31 heavy (non-hydrogen) atoms. The van der Waals surface area contributed by atoms with E-state index in [9.17, 15) is 13.2 Å². The third-order valence-corrected chi connectivity index (χ3v) is 8.20. The lowest BCUT2D eigenvalue weighted by Crippen LogP contribution is -2.49. The van der Waals surface area contributed by atoms with Crippen molar-refractivity contribution in [1.29, 1.82) is 0 Å². The summed E-state index contributed by atoms with van der Waals surface area (Å²) in [4.78, 5) is 17.5. The number of carbonyl (C=O) groups is 1. The van der Waals surface area contributed by atoms with Crippen molar-refractivity contribution in [3.8, 4) is 0 Å². The molecule has 0 spiro atoms. The van der Waals surface area contributed by atoms with E-state index in [2.05, 4.69) is 24.0 Å². The minimum absolute atomic E-state index is 0.0997. The number of nitrogens with zero attached hydrogens (tertiary/aromatic N) is 3. The van der Waals surface area contributed by atoms with Gasteiger partial charge in [-0.05, 0) is 49.6 Å². The van der Waals surface area contributed by atoms with E-state index < -0.39 is 10.0 Å². The Balaban J connectivity index is 1.46. The van der Waals surface area contributed by atoms with Crippen molar-refractivity contribution >= 4 is 21.6 Å². The van der Waals surface area contributed by atoms with Crippen LogP contribution >= 0.6 is 0 Å². The second kappa shape index (κ2) is 9.40. The average molecular weight is 442 g/mol. The van der Waals surface area contributed by atoms with E-state index in [1.165, 1.54) is 11.3 Å². The van der Waals surface area contributed by atoms with E-state index in [0.29, 0.717) is 31.7 Å². The molecule has 0 atom stereocenters. The minimum atomic E-state index is -3.57. The fraction of sp³-hybridized carbons (Fsp3) is 0.458. The molecule has 1 amide bonds. The number of carbonyl (C=O) groups excluding carboxylic acids is 1. The fourth-order valence-electron chi connectivity index (χ4n) is 4.47. The summed E-state index contributed by atoms with van der Waals surface area (Å²) in [6.07, 6.45) is 3.92. The van der Waals surface area contributed by atoms with Crippen LogP contribution in [0.2, 0.25) is 0 Å². The zero-order valence-electron chi connectivity index (χ0n) is 18.2. The summed E-state index contributed by atoms with van der Waals surface area (Å²) in [6.45, 7) is 5.99. The lowest BCUT2D eigenvalue weighted by molar-refractivity contribution is 0.0746. The minimum Gasteiger partial charge on any atom is -0.368 e. The normalized spacial score (nSPS) is 18.6. The molecular formula is C24H31N3O3S. The van der Waals surface area contributed by atoms with Gasteiger partial charge in [0.05, 0.1) is 4.90 Å². The molecular weight excluding hydrogens is 410 g/mol. The van der Waals surface area contributed by atoms with Crippen LogP contribution in [-0.2, 0) is 10.0 Å². The molecule has 0 N–H and O–H groups in total. The highest BCUT2D eigenvalue weighted by molar-refractivity contribution is 7.89. The van der Waals surface area contributed by atoms with Crippen LogP contribution in [0.15, 0.2) is 53.4 Å². The van der Waals surface area contributed by atoms with Crippen molar-refractivity contribution in [2.24, 2.45) is 0 Å². The molecule has 0 aromatic heterocycles. The van der Waals surface area contributed by atoms with Gasteiger partial charge in [0.25, 0.3) is 5.91 Å². The third-order valence-electron chi connectivity index (χ3n) is 6.31. The summed E-state index contributed by atoms with van der Waals surface area (Å²) < 4.78 is 27.8. The summed E-state index contributed by atoms with van der Waals surface area (Å²) >= 11 is 0.